The Balaban J connectivity index is 1.54. The van der Waals surface area contributed by atoms with Crippen molar-refractivity contribution >= 4 is 23.5 Å². The average molecular weight is 481 g/mol. The number of anilines is 1. The molecule has 0 saturated carbocycles. The minimum atomic E-state index is -0.470. The van der Waals surface area contributed by atoms with Crippen molar-refractivity contribution in [2.45, 2.75) is 43.8 Å². The fourth-order valence-electron chi connectivity index (χ4n) is 3.27. The highest BCUT2D eigenvalue weighted by Gasteiger charge is 2.22. The predicted molar refractivity (Wildman–Crippen MR) is 129 cm³/mol. The van der Waals surface area contributed by atoms with Crippen molar-refractivity contribution in [3.05, 3.63) is 78.5 Å². The Bertz CT molecular complexity index is 1260. The van der Waals surface area contributed by atoms with E-state index in [1.807, 2.05) is 48.7 Å². The fourth-order valence-corrected chi connectivity index (χ4v) is 4.16. The summed E-state index contributed by atoms with van der Waals surface area (Å²) in [7, 11) is 0. The molecule has 0 aliphatic rings. The number of hydrogen-bond acceptors (Lipinski definition) is 6. The van der Waals surface area contributed by atoms with E-state index in [2.05, 4.69) is 20.6 Å². The number of carbonyl (C=O) groups excluding carboxylic acids is 1. The van der Waals surface area contributed by atoms with E-state index < -0.39 is 11.1 Å². The van der Waals surface area contributed by atoms with Gasteiger partial charge in [-0.25, -0.2) is 9.07 Å². The number of halogens is 1. The van der Waals surface area contributed by atoms with E-state index in [4.69, 9.17) is 4.74 Å². The molecule has 1 amide bonds. The first-order valence-corrected chi connectivity index (χ1v) is 11.7. The number of rotatable bonds is 9. The van der Waals surface area contributed by atoms with Crippen molar-refractivity contribution in [1.29, 1.82) is 0 Å². The summed E-state index contributed by atoms with van der Waals surface area (Å²) in [5.74, 6) is 0.625. The number of aromatic nitrogens is 5. The third kappa shape index (κ3) is 5.28. The van der Waals surface area contributed by atoms with Crippen molar-refractivity contribution < 1.29 is 13.9 Å². The molecule has 0 radical (unpaired) electrons. The van der Waals surface area contributed by atoms with Gasteiger partial charge in [-0.05, 0) is 45.0 Å². The fraction of sp³-hybridized carbons (Fsp3) is 0.250. The van der Waals surface area contributed by atoms with Gasteiger partial charge in [-0.2, -0.15) is 5.10 Å². The molecule has 1 atom stereocenters. The minimum Gasteiger partial charge on any atom is -0.483 e. The maximum absolute atomic E-state index is 14.0. The van der Waals surface area contributed by atoms with E-state index in [1.165, 1.54) is 17.8 Å². The van der Waals surface area contributed by atoms with Gasteiger partial charge in [-0.15, -0.1) is 10.2 Å². The summed E-state index contributed by atoms with van der Waals surface area (Å²) in [6.07, 6.45) is 1.65. The summed E-state index contributed by atoms with van der Waals surface area (Å²) >= 11 is 1.27. The van der Waals surface area contributed by atoms with Crippen molar-refractivity contribution in [3.8, 4) is 11.4 Å². The van der Waals surface area contributed by atoms with Crippen LogP contribution in [0.4, 0.5) is 10.2 Å². The van der Waals surface area contributed by atoms with Gasteiger partial charge in [0, 0.05) is 17.8 Å². The first kappa shape index (κ1) is 23.5. The summed E-state index contributed by atoms with van der Waals surface area (Å²) in [6.45, 7) is 5.80. The molecule has 0 aliphatic heterocycles. The van der Waals surface area contributed by atoms with Gasteiger partial charge in [-0.3, -0.25) is 9.36 Å². The maximum atomic E-state index is 14.0. The van der Waals surface area contributed by atoms with Crippen LogP contribution in [0.1, 0.15) is 32.6 Å². The molecular formula is C24H25FN6O2S. The lowest BCUT2D eigenvalue weighted by Crippen LogP contribution is -2.25. The van der Waals surface area contributed by atoms with Crippen LogP contribution in [0.15, 0.2) is 72.0 Å². The lowest BCUT2D eigenvalue weighted by Gasteiger charge is -2.16. The van der Waals surface area contributed by atoms with Crippen LogP contribution in [0.25, 0.3) is 5.69 Å². The molecule has 0 saturated heterocycles. The molecule has 0 fully saturated rings. The molecule has 4 rings (SSSR count). The van der Waals surface area contributed by atoms with Gasteiger partial charge < -0.3 is 10.1 Å². The van der Waals surface area contributed by atoms with Gasteiger partial charge in [0.2, 0.25) is 5.91 Å². The number of hydrogen-bond donors (Lipinski definition) is 1. The highest BCUT2D eigenvalue weighted by Crippen LogP contribution is 2.27. The monoisotopic (exact) mass is 480 g/mol. The zero-order valence-corrected chi connectivity index (χ0v) is 19.9. The van der Waals surface area contributed by atoms with Crippen LogP contribution in [0.5, 0.6) is 5.75 Å². The third-order valence-corrected chi connectivity index (χ3v) is 6.01. The molecule has 1 unspecified atom stereocenters. The van der Waals surface area contributed by atoms with Crippen molar-refractivity contribution in [1.82, 2.24) is 24.5 Å². The molecule has 8 nitrogen and oxygen atoms in total. The highest BCUT2D eigenvalue weighted by atomic mass is 32.2. The maximum Gasteiger partial charge on any atom is 0.238 e. The second-order valence-corrected chi connectivity index (χ2v) is 9.10. The van der Waals surface area contributed by atoms with Crippen LogP contribution >= 0.6 is 11.8 Å². The van der Waals surface area contributed by atoms with Gasteiger partial charge in [0.15, 0.2) is 22.5 Å². The molecule has 10 heteroatoms. The summed E-state index contributed by atoms with van der Waals surface area (Å²) < 4.78 is 23.2. The average Bonchev–Trinajstić information content (AvgIpc) is 3.46. The van der Waals surface area contributed by atoms with Gasteiger partial charge >= 0.3 is 0 Å². The molecular weight excluding hydrogens is 455 g/mol. The van der Waals surface area contributed by atoms with Crippen molar-refractivity contribution in [3.63, 3.8) is 0 Å². The molecule has 4 aromatic rings. The van der Waals surface area contributed by atoms with Gasteiger partial charge in [0.25, 0.3) is 0 Å². The molecule has 2 aromatic carbocycles. The number of para-hydroxylation sites is 2. The van der Waals surface area contributed by atoms with Gasteiger partial charge in [0.05, 0.1) is 11.4 Å². The van der Waals surface area contributed by atoms with Crippen molar-refractivity contribution in [2.24, 2.45) is 0 Å². The normalized spacial score (nSPS) is 12.0. The molecule has 0 bridgehead atoms. The SMILES string of the molecule is CC(Sc1nnc(COc2ccccc2F)n1-c1ccccc1)C(=O)Nc1ccnn1C(C)C. The van der Waals surface area contributed by atoms with Crippen LogP contribution in [-0.2, 0) is 11.4 Å². The molecule has 0 aliphatic carbocycles. The minimum absolute atomic E-state index is 0.0114. The van der Waals surface area contributed by atoms with E-state index in [0.717, 1.165) is 5.69 Å². The number of thioether (sulfide) groups is 1. The molecule has 2 heterocycles. The number of nitrogens with one attached hydrogen (secondary N) is 1. The third-order valence-electron chi connectivity index (χ3n) is 4.97. The highest BCUT2D eigenvalue weighted by molar-refractivity contribution is 8.00. The molecule has 0 spiro atoms. The molecule has 2 aromatic heterocycles. The van der Waals surface area contributed by atoms with Crippen LogP contribution in [0.3, 0.4) is 0 Å². The Morgan fingerprint density at radius 3 is 2.53 bits per heavy atom. The zero-order valence-electron chi connectivity index (χ0n) is 19.1. The zero-order chi connectivity index (χ0) is 24.1. The number of carbonyl (C=O) groups is 1. The Hall–Kier alpha value is -3.66. The Morgan fingerprint density at radius 2 is 1.79 bits per heavy atom. The van der Waals surface area contributed by atoms with Gasteiger partial charge in [-0.1, -0.05) is 42.1 Å². The second kappa shape index (κ2) is 10.5. The predicted octanol–water partition coefficient (Wildman–Crippen LogP) is 4.88. The van der Waals surface area contributed by atoms with E-state index in [1.54, 1.807) is 42.1 Å². The number of amides is 1. The molecule has 1 N–H and O–H groups in total. The van der Waals surface area contributed by atoms with E-state index >= 15 is 0 Å². The smallest absolute Gasteiger partial charge is 0.238 e. The van der Waals surface area contributed by atoms with Crippen LogP contribution in [-0.4, -0.2) is 35.7 Å². The summed E-state index contributed by atoms with van der Waals surface area (Å²) in [6, 6.07) is 17.6. The number of nitrogens with zero attached hydrogens (tertiary/aromatic N) is 5. The van der Waals surface area contributed by atoms with E-state index in [9.17, 15) is 9.18 Å². The number of ether oxygens (including phenoxy) is 1. The Labute approximate surface area is 201 Å². The Kier molecular flexibility index (Phi) is 7.27. The van der Waals surface area contributed by atoms with Crippen LogP contribution in [0, 0.1) is 5.82 Å². The molecule has 34 heavy (non-hydrogen) atoms. The van der Waals surface area contributed by atoms with Crippen LogP contribution in [0.2, 0.25) is 0 Å². The van der Waals surface area contributed by atoms with E-state index in [0.29, 0.717) is 16.8 Å². The Morgan fingerprint density at radius 1 is 1.06 bits per heavy atom. The first-order chi connectivity index (χ1) is 16.4. The standard InChI is InChI=1S/C24H25FN6O2S/c1-16(2)31-21(13-14-26-31)27-23(32)17(3)34-24-29-28-22(30(24)18-9-5-4-6-10-18)15-33-20-12-8-7-11-19(20)25/h4-14,16-17H,15H2,1-3H3,(H,27,32). The summed E-state index contributed by atoms with van der Waals surface area (Å²) in [4.78, 5) is 12.9. The lowest BCUT2D eigenvalue weighted by atomic mass is 10.3. The largest absolute Gasteiger partial charge is 0.483 e. The van der Waals surface area contributed by atoms with Crippen molar-refractivity contribution in [2.75, 3.05) is 5.32 Å². The summed E-state index contributed by atoms with van der Waals surface area (Å²) in [5, 5.41) is 15.8. The first-order valence-electron chi connectivity index (χ1n) is 10.8. The molecule has 176 valence electrons. The lowest BCUT2D eigenvalue weighted by molar-refractivity contribution is -0.115. The van der Waals surface area contributed by atoms with Gasteiger partial charge in [0.1, 0.15) is 12.4 Å². The second-order valence-electron chi connectivity index (χ2n) is 7.79. The summed E-state index contributed by atoms with van der Waals surface area (Å²) in [5.41, 5.74) is 0.813. The number of benzene rings is 2. The van der Waals surface area contributed by atoms with E-state index in [-0.39, 0.29) is 24.3 Å². The van der Waals surface area contributed by atoms with Crippen LogP contribution < -0.4 is 10.1 Å². The topological polar surface area (TPSA) is 86.9 Å². The quantitative estimate of drug-likeness (QED) is 0.344.